The average Bonchev–Trinajstić information content (AvgIpc) is 2.63. The molecule has 0 aromatic heterocycles. The quantitative estimate of drug-likeness (QED) is 0.860. The van der Waals surface area contributed by atoms with E-state index >= 15 is 0 Å². The number of anilines is 1. The van der Waals surface area contributed by atoms with Crippen molar-refractivity contribution >= 4 is 11.6 Å². The summed E-state index contributed by atoms with van der Waals surface area (Å²) in [6, 6.07) is 13.8. The fraction of sp³-hybridized carbons (Fsp3) is 0.263. The zero-order valence-electron chi connectivity index (χ0n) is 13.3. The summed E-state index contributed by atoms with van der Waals surface area (Å²) in [5.41, 5.74) is 1.68. The van der Waals surface area contributed by atoms with Gasteiger partial charge in [-0.1, -0.05) is 24.3 Å². The van der Waals surface area contributed by atoms with E-state index in [1.165, 1.54) is 6.07 Å². The van der Waals surface area contributed by atoms with Crippen LogP contribution in [0.5, 0.6) is 0 Å². The van der Waals surface area contributed by atoms with Crippen LogP contribution in [0.3, 0.4) is 0 Å². The van der Waals surface area contributed by atoms with Crippen LogP contribution < -0.4 is 4.90 Å². The first-order valence-electron chi connectivity index (χ1n) is 7.99. The molecule has 2 aromatic rings. The molecule has 5 heteroatoms. The van der Waals surface area contributed by atoms with Crippen LogP contribution in [0.25, 0.3) is 0 Å². The molecule has 1 heterocycles. The largest absolute Gasteiger partial charge is 0.368 e. The van der Waals surface area contributed by atoms with Crippen molar-refractivity contribution in [1.82, 2.24) is 4.90 Å². The maximum absolute atomic E-state index is 13.2. The highest BCUT2D eigenvalue weighted by Gasteiger charge is 2.21. The van der Waals surface area contributed by atoms with E-state index in [9.17, 15) is 13.6 Å². The molecule has 1 saturated heterocycles. The molecular formula is C19H19F2N2O. The van der Waals surface area contributed by atoms with Gasteiger partial charge in [-0.2, -0.15) is 0 Å². The van der Waals surface area contributed by atoms with Crippen molar-refractivity contribution < 1.29 is 13.6 Å². The van der Waals surface area contributed by atoms with E-state index in [2.05, 4.69) is 17.0 Å². The lowest BCUT2D eigenvalue weighted by molar-refractivity contribution is -0.130. The second kappa shape index (κ2) is 7.43. The van der Waals surface area contributed by atoms with Crippen LogP contribution in [-0.2, 0) is 4.79 Å². The third-order valence-corrected chi connectivity index (χ3v) is 4.21. The van der Waals surface area contributed by atoms with Crippen molar-refractivity contribution in [2.75, 3.05) is 31.1 Å². The number of amides is 1. The van der Waals surface area contributed by atoms with E-state index in [1.807, 2.05) is 23.1 Å². The summed E-state index contributed by atoms with van der Waals surface area (Å²) in [4.78, 5) is 16.3. The van der Waals surface area contributed by atoms with Gasteiger partial charge in [-0.05, 0) is 29.8 Å². The average molecular weight is 329 g/mol. The van der Waals surface area contributed by atoms with Crippen LogP contribution in [0, 0.1) is 18.1 Å². The van der Waals surface area contributed by atoms with E-state index in [4.69, 9.17) is 0 Å². The molecule has 3 rings (SSSR count). The van der Waals surface area contributed by atoms with Crippen LogP contribution in [-0.4, -0.2) is 37.0 Å². The van der Waals surface area contributed by atoms with Gasteiger partial charge >= 0.3 is 0 Å². The van der Waals surface area contributed by atoms with Crippen LogP contribution in [0.15, 0.2) is 48.5 Å². The number of piperazine rings is 1. The fourth-order valence-electron chi connectivity index (χ4n) is 2.83. The van der Waals surface area contributed by atoms with Crippen LogP contribution >= 0.6 is 0 Å². The van der Waals surface area contributed by atoms with Gasteiger partial charge in [0.1, 0.15) is 0 Å². The van der Waals surface area contributed by atoms with Gasteiger partial charge in [-0.15, -0.1) is 0 Å². The van der Waals surface area contributed by atoms with Crippen molar-refractivity contribution in [2.45, 2.75) is 6.42 Å². The van der Waals surface area contributed by atoms with Crippen molar-refractivity contribution in [3.05, 3.63) is 72.1 Å². The van der Waals surface area contributed by atoms with Gasteiger partial charge in [-0.3, -0.25) is 4.79 Å². The Kier molecular flexibility index (Phi) is 5.08. The van der Waals surface area contributed by atoms with E-state index < -0.39 is 11.6 Å². The lowest BCUT2D eigenvalue weighted by atomic mass is 10.1. The Bertz CT molecular complexity index is 698. The Hall–Kier alpha value is -2.43. The Labute approximate surface area is 140 Å². The summed E-state index contributed by atoms with van der Waals surface area (Å²) in [5.74, 6) is -1.77. The molecule has 2 aromatic carbocycles. The smallest absolute Gasteiger partial charge is 0.223 e. The predicted molar refractivity (Wildman–Crippen MR) is 89.6 cm³/mol. The number of rotatable bonds is 4. The number of carbonyl (C=O) groups excluding carboxylic acids is 1. The van der Waals surface area contributed by atoms with Crippen LogP contribution in [0.2, 0.25) is 0 Å². The third kappa shape index (κ3) is 3.91. The molecule has 125 valence electrons. The number of carbonyl (C=O) groups is 1. The number of nitrogens with zero attached hydrogens (tertiary/aromatic N) is 2. The van der Waals surface area contributed by atoms with E-state index in [-0.39, 0.29) is 12.3 Å². The topological polar surface area (TPSA) is 23.6 Å². The molecule has 0 spiro atoms. The second-order valence-electron chi connectivity index (χ2n) is 5.79. The Morgan fingerprint density at radius 3 is 2.33 bits per heavy atom. The minimum atomic E-state index is -0.896. The minimum absolute atomic E-state index is 0.00689. The van der Waals surface area contributed by atoms with Crippen LogP contribution in [0.4, 0.5) is 14.5 Å². The molecule has 0 atom stereocenters. The van der Waals surface area contributed by atoms with Gasteiger partial charge in [0.25, 0.3) is 0 Å². The third-order valence-electron chi connectivity index (χ3n) is 4.21. The predicted octanol–water partition coefficient (Wildman–Crippen LogP) is 3.26. The lowest BCUT2D eigenvalue weighted by Gasteiger charge is -2.36. The molecule has 0 bridgehead atoms. The lowest BCUT2D eigenvalue weighted by Crippen LogP contribution is -2.48. The number of benzene rings is 2. The molecule has 1 aliphatic heterocycles. The van der Waals surface area contributed by atoms with Gasteiger partial charge in [0.2, 0.25) is 5.91 Å². The SMILES string of the molecule is O=C(C[CH]c1ccc(F)c(F)c1)N1CCN(c2ccccc2)CC1. The van der Waals surface area contributed by atoms with E-state index in [0.717, 1.165) is 30.9 Å². The molecule has 1 aliphatic rings. The zero-order valence-corrected chi connectivity index (χ0v) is 13.3. The van der Waals surface area contributed by atoms with Crippen LogP contribution in [0.1, 0.15) is 12.0 Å². The standard InChI is InChI=1S/C19H19F2N2O/c20-17-8-6-15(14-18(17)21)7-9-19(24)23-12-10-22(11-13-23)16-4-2-1-3-5-16/h1-8,14H,9-13H2. The van der Waals surface area contributed by atoms with Gasteiger partial charge in [0.15, 0.2) is 11.6 Å². The molecule has 0 saturated carbocycles. The molecule has 1 amide bonds. The molecule has 24 heavy (non-hydrogen) atoms. The Morgan fingerprint density at radius 1 is 0.958 bits per heavy atom. The van der Waals surface area contributed by atoms with Gasteiger partial charge in [0.05, 0.1) is 0 Å². The van der Waals surface area contributed by atoms with Crippen molar-refractivity contribution in [3.8, 4) is 0 Å². The van der Waals surface area contributed by atoms with Crippen molar-refractivity contribution in [1.29, 1.82) is 0 Å². The number of hydrogen-bond donors (Lipinski definition) is 0. The maximum atomic E-state index is 13.2. The normalized spacial score (nSPS) is 14.8. The highest BCUT2D eigenvalue weighted by Crippen LogP contribution is 2.17. The van der Waals surface area contributed by atoms with E-state index in [1.54, 1.807) is 6.42 Å². The molecule has 3 nitrogen and oxygen atoms in total. The molecular weight excluding hydrogens is 310 g/mol. The fourth-order valence-corrected chi connectivity index (χ4v) is 2.83. The summed E-state index contributed by atoms with van der Waals surface area (Å²) in [6.45, 7) is 2.92. The molecule has 0 unspecified atom stereocenters. The first-order chi connectivity index (χ1) is 11.6. The molecule has 1 fully saturated rings. The zero-order chi connectivity index (χ0) is 16.9. The maximum Gasteiger partial charge on any atom is 0.223 e. The Balaban J connectivity index is 1.49. The van der Waals surface area contributed by atoms with E-state index in [0.29, 0.717) is 18.7 Å². The summed E-state index contributed by atoms with van der Waals surface area (Å²) in [6.07, 6.45) is 1.82. The molecule has 0 N–H and O–H groups in total. The first-order valence-corrected chi connectivity index (χ1v) is 7.99. The summed E-state index contributed by atoms with van der Waals surface area (Å²) >= 11 is 0. The number of para-hydroxylation sites is 1. The Morgan fingerprint density at radius 2 is 1.67 bits per heavy atom. The van der Waals surface area contributed by atoms with Gasteiger partial charge in [0, 0.05) is 44.7 Å². The monoisotopic (exact) mass is 329 g/mol. The highest BCUT2D eigenvalue weighted by molar-refractivity contribution is 5.78. The highest BCUT2D eigenvalue weighted by atomic mass is 19.2. The van der Waals surface area contributed by atoms with Gasteiger partial charge in [-0.25, -0.2) is 8.78 Å². The summed E-state index contributed by atoms with van der Waals surface area (Å²) < 4.78 is 26.1. The van der Waals surface area contributed by atoms with Gasteiger partial charge < -0.3 is 9.80 Å². The van der Waals surface area contributed by atoms with Crippen molar-refractivity contribution in [3.63, 3.8) is 0 Å². The molecule has 0 aliphatic carbocycles. The summed E-state index contributed by atoms with van der Waals surface area (Å²) in [7, 11) is 0. The molecule has 1 radical (unpaired) electrons. The van der Waals surface area contributed by atoms with Crippen molar-refractivity contribution in [2.24, 2.45) is 0 Å². The number of hydrogen-bond acceptors (Lipinski definition) is 2. The second-order valence-corrected chi connectivity index (χ2v) is 5.79. The first kappa shape index (κ1) is 16.4. The summed E-state index contributed by atoms with van der Waals surface area (Å²) in [5, 5.41) is 0. The minimum Gasteiger partial charge on any atom is -0.368 e. The number of halogens is 2.